The maximum atomic E-state index is 13.8. The monoisotopic (exact) mass is 469 g/mol. The number of nitrogens with zero attached hydrogens (tertiary/aromatic N) is 2. The number of aromatic nitrogens is 2. The number of aromatic amines is 1. The summed E-state index contributed by atoms with van der Waals surface area (Å²) >= 11 is 1.20. The summed E-state index contributed by atoms with van der Waals surface area (Å²) in [5.74, 6) is -3.03. The Morgan fingerprint density at radius 1 is 1.15 bits per heavy atom. The van der Waals surface area contributed by atoms with Crippen LogP contribution in [0.1, 0.15) is 21.1 Å². The van der Waals surface area contributed by atoms with E-state index >= 15 is 0 Å². The molecule has 2 aromatic carbocycles. The van der Waals surface area contributed by atoms with E-state index in [2.05, 4.69) is 9.97 Å². The molecule has 0 atom stereocenters. The van der Waals surface area contributed by atoms with E-state index in [9.17, 15) is 18.4 Å². The largest absolute Gasteiger partial charge is 0.468 e. The second-order valence-electron chi connectivity index (χ2n) is 7.45. The van der Waals surface area contributed by atoms with Crippen molar-refractivity contribution in [3.8, 4) is 10.4 Å². The Kier molecular flexibility index (Phi) is 6.50. The standard InChI is InChI=1S/C24H21F2N3O3S/c1-14-28-22(23(33-14)15-7-8-18(25)19(26)11-15)24(31)29(13-21(30)32-2)10-9-16-12-27-20-6-4-3-5-17(16)20/h3-8,11-12,27H,9-10,13H2,1-2H3. The zero-order valence-electron chi connectivity index (χ0n) is 18.0. The summed E-state index contributed by atoms with van der Waals surface area (Å²) in [6.45, 7) is 1.70. The van der Waals surface area contributed by atoms with Crippen molar-refractivity contribution in [1.29, 1.82) is 0 Å². The Hall–Kier alpha value is -3.59. The van der Waals surface area contributed by atoms with Crippen molar-refractivity contribution in [2.24, 2.45) is 0 Å². The van der Waals surface area contributed by atoms with Gasteiger partial charge in [0.05, 0.1) is 17.0 Å². The summed E-state index contributed by atoms with van der Waals surface area (Å²) in [6.07, 6.45) is 2.38. The molecule has 0 fully saturated rings. The average molecular weight is 470 g/mol. The SMILES string of the molecule is COC(=O)CN(CCc1c[nH]c2ccccc12)C(=O)c1nc(C)sc1-c1ccc(F)c(F)c1. The number of aryl methyl sites for hydroxylation is 1. The molecule has 4 rings (SSSR count). The van der Waals surface area contributed by atoms with Gasteiger partial charge in [-0.2, -0.15) is 0 Å². The number of hydrogen-bond acceptors (Lipinski definition) is 5. The Morgan fingerprint density at radius 2 is 1.94 bits per heavy atom. The van der Waals surface area contributed by atoms with Crippen molar-refractivity contribution in [2.45, 2.75) is 13.3 Å². The Morgan fingerprint density at radius 3 is 2.70 bits per heavy atom. The third kappa shape index (κ3) is 4.78. The highest BCUT2D eigenvalue weighted by atomic mass is 32.1. The lowest BCUT2D eigenvalue weighted by molar-refractivity contribution is -0.141. The fourth-order valence-corrected chi connectivity index (χ4v) is 4.53. The lowest BCUT2D eigenvalue weighted by Gasteiger charge is -2.21. The molecule has 4 aromatic rings. The second-order valence-corrected chi connectivity index (χ2v) is 8.66. The molecule has 0 aliphatic carbocycles. The van der Waals surface area contributed by atoms with Gasteiger partial charge in [0.25, 0.3) is 5.91 Å². The zero-order valence-corrected chi connectivity index (χ0v) is 18.8. The molecule has 0 bridgehead atoms. The number of hydrogen-bond donors (Lipinski definition) is 1. The summed E-state index contributed by atoms with van der Waals surface area (Å²) in [5, 5.41) is 1.63. The van der Waals surface area contributed by atoms with Crippen molar-refractivity contribution >= 4 is 34.1 Å². The van der Waals surface area contributed by atoms with Gasteiger partial charge in [0.1, 0.15) is 12.2 Å². The van der Waals surface area contributed by atoms with Gasteiger partial charge >= 0.3 is 5.97 Å². The average Bonchev–Trinajstić information content (AvgIpc) is 3.41. The normalized spacial score (nSPS) is 11.0. The van der Waals surface area contributed by atoms with Crippen LogP contribution in [0.3, 0.4) is 0 Å². The number of rotatable bonds is 7. The number of nitrogens with one attached hydrogen (secondary N) is 1. The molecule has 0 unspecified atom stereocenters. The fourth-order valence-electron chi connectivity index (χ4n) is 3.62. The van der Waals surface area contributed by atoms with Gasteiger partial charge < -0.3 is 14.6 Å². The molecule has 33 heavy (non-hydrogen) atoms. The van der Waals surface area contributed by atoms with Gasteiger partial charge in [0.2, 0.25) is 0 Å². The van der Waals surface area contributed by atoms with Gasteiger partial charge in [-0.1, -0.05) is 24.3 Å². The van der Waals surface area contributed by atoms with Crippen LogP contribution in [0.4, 0.5) is 8.78 Å². The number of fused-ring (bicyclic) bond motifs is 1. The third-order valence-corrected chi connectivity index (χ3v) is 6.30. The summed E-state index contributed by atoms with van der Waals surface area (Å²) in [4.78, 5) is 34.8. The molecule has 0 aliphatic heterocycles. The number of esters is 1. The highest BCUT2D eigenvalue weighted by Crippen LogP contribution is 2.32. The van der Waals surface area contributed by atoms with E-state index in [1.165, 1.54) is 29.4 Å². The number of carbonyl (C=O) groups is 2. The molecule has 1 N–H and O–H groups in total. The van der Waals surface area contributed by atoms with E-state index in [1.54, 1.807) is 6.92 Å². The number of H-pyrrole nitrogens is 1. The zero-order chi connectivity index (χ0) is 23.5. The highest BCUT2D eigenvalue weighted by molar-refractivity contribution is 7.15. The first kappa shape index (κ1) is 22.6. The molecule has 0 saturated heterocycles. The molecular formula is C24H21F2N3O3S. The molecule has 0 aliphatic rings. The van der Waals surface area contributed by atoms with Crippen LogP contribution in [0.15, 0.2) is 48.7 Å². The molecule has 9 heteroatoms. The third-order valence-electron chi connectivity index (χ3n) is 5.28. The van der Waals surface area contributed by atoms with Crippen molar-refractivity contribution in [1.82, 2.24) is 14.9 Å². The van der Waals surface area contributed by atoms with Gasteiger partial charge in [-0.25, -0.2) is 13.8 Å². The van der Waals surface area contributed by atoms with E-state index in [0.717, 1.165) is 28.6 Å². The van der Waals surface area contributed by atoms with Gasteiger partial charge in [-0.05, 0) is 42.7 Å². The van der Waals surface area contributed by atoms with E-state index in [0.29, 0.717) is 21.9 Å². The first-order valence-corrected chi connectivity index (χ1v) is 11.0. The van der Waals surface area contributed by atoms with E-state index in [1.807, 2.05) is 30.5 Å². The number of ether oxygens (including phenoxy) is 1. The lowest BCUT2D eigenvalue weighted by Crippen LogP contribution is -2.38. The highest BCUT2D eigenvalue weighted by Gasteiger charge is 2.26. The minimum absolute atomic E-state index is 0.0892. The summed E-state index contributed by atoms with van der Waals surface area (Å²) < 4.78 is 32.0. The number of carbonyl (C=O) groups excluding carboxylic acids is 2. The maximum absolute atomic E-state index is 13.8. The molecule has 170 valence electrons. The van der Waals surface area contributed by atoms with Crippen LogP contribution in [0, 0.1) is 18.6 Å². The number of methoxy groups -OCH3 is 1. The fraction of sp³-hybridized carbons (Fsp3) is 0.208. The van der Waals surface area contributed by atoms with Gasteiger partial charge in [0.15, 0.2) is 11.6 Å². The van der Waals surface area contributed by atoms with Crippen LogP contribution in [-0.2, 0) is 16.0 Å². The minimum Gasteiger partial charge on any atom is -0.468 e. The van der Waals surface area contributed by atoms with Crippen LogP contribution in [-0.4, -0.2) is 46.9 Å². The maximum Gasteiger partial charge on any atom is 0.325 e. The second kappa shape index (κ2) is 9.50. The molecule has 0 saturated carbocycles. The van der Waals surface area contributed by atoms with Crippen molar-refractivity contribution in [2.75, 3.05) is 20.2 Å². The van der Waals surface area contributed by atoms with Gasteiger partial charge in [-0.15, -0.1) is 11.3 Å². The first-order valence-electron chi connectivity index (χ1n) is 10.2. The molecule has 1 amide bonds. The van der Waals surface area contributed by atoms with Crippen LogP contribution in [0.25, 0.3) is 21.3 Å². The topological polar surface area (TPSA) is 75.3 Å². The molecule has 2 aromatic heterocycles. The number of amides is 1. The van der Waals surface area contributed by atoms with E-state index < -0.39 is 23.5 Å². The van der Waals surface area contributed by atoms with Crippen LogP contribution < -0.4 is 0 Å². The van der Waals surface area contributed by atoms with Crippen molar-refractivity contribution < 1.29 is 23.1 Å². The molecular weight excluding hydrogens is 448 g/mol. The Bertz CT molecular complexity index is 1330. The Labute approximate surface area is 192 Å². The number of halogens is 2. The predicted molar refractivity (Wildman–Crippen MR) is 122 cm³/mol. The van der Waals surface area contributed by atoms with Crippen LogP contribution in [0.2, 0.25) is 0 Å². The summed E-state index contributed by atoms with van der Waals surface area (Å²) in [5.41, 5.74) is 2.42. The number of benzene rings is 2. The quantitative estimate of drug-likeness (QED) is 0.397. The van der Waals surface area contributed by atoms with Gasteiger partial charge in [0, 0.05) is 23.6 Å². The smallest absolute Gasteiger partial charge is 0.325 e. The molecule has 0 spiro atoms. The number of para-hydroxylation sites is 1. The minimum atomic E-state index is -1.01. The van der Waals surface area contributed by atoms with Crippen LogP contribution in [0.5, 0.6) is 0 Å². The predicted octanol–water partition coefficient (Wildman–Crippen LogP) is 4.74. The molecule has 0 radical (unpaired) electrons. The summed E-state index contributed by atoms with van der Waals surface area (Å²) in [7, 11) is 1.25. The first-order chi connectivity index (χ1) is 15.9. The van der Waals surface area contributed by atoms with Crippen molar-refractivity contribution in [3.05, 3.63) is 76.6 Å². The Balaban J connectivity index is 1.64. The molecule has 6 nitrogen and oxygen atoms in total. The van der Waals surface area contributed by atoms with Crippen molar-refractivity contribution in [3.63, 3.8) is 0 Å². The lowest BCUT2D eigenvalue weighted by atomic mass is 10.1. The molecule has 2 heterocycles. The van der Waals surface area contributed by atoms with E-state index in [-0.39, 0.29) is 18.8 Å². The van der Waals surface area contributed by atoms with E-state index in [4.69, 9.17) is 4.74 Å². The number of thiazole rings is 1. The van der Waals surface area contributed by atoms with Crippen LogP contribution >= 0.6 is 11.3 Å². The van der Waals surface area contributed by atoms with Gasteiger partial charge in [-0.3, -0.25) is 9.59 Å². The summed E-state index contributed by atoms with van der Waals surface area (Å²) in [6, 6.07) is 11.3.